The molecule has 0 N–H and O–H groups in total. The van der Waals surface area contributed by atoms with Crippen molar-refractivity contribution in [2.24, 2.45) is 29.6 Å². The summed E-state index contributed by atoms with van der Waals surface area (Å²) in [7, 11) is 0. The van der Waals surface area contributed by atoms with Crippen LogP contribution in [0, 0.1) is 41.2 Å². The Bertz CT molecular complexity index is 1040. The second kappa shape index (κ2) is 17.0. The molecule has 1 aromatic rings. The van der Waals surface area contributed by atoms with E-state index in [1.165, 1.54) is 64.2 Å². The smallest absolute Gasteiger partial charge is 0.400 e. The molecule has 9 heteroatoms. The van der Waals surface area contributed by atoms with Gasteiger partial charge in [0.2, 0.25) is 0 Å². The lowest BCUT2D eigenvalue weighted by Gasteiger charge is -2.38. The number of hydrogen-bond donors (Lipinski definition) is 0. The van der Waals surface area contributed by atoms with Gasteiger partial charge in [0, 0.05) is 18.7 Å². The average molecular weight is 631 g/mol. The van der Waals surface area contributed by atoms with Gasteiger partial charge >= 0.3 is 12.2 Å². The minimum absolute atomic E-state index is 0.134. The SMILES string of the molecule is CCCCCC1CCC(C2CCC(CCC=CC3CCC(C(F)(F)Oc4cc(F)c(OC=C(F)F)c(F)c4)CC3)CC2)OC1. The summed E-state index contributed by atoms with van der Waals surface area (Å²) in [5.74, 6) is -3.34. The summed E-state index contributed by atoms with van der Waals surface area (Å²) >= 11 is 0. The van der Waals surface area contributed by atoms with E-state index in [4.69, 9.17) is 9.47 Å². The van der Waals surface area contributed by atoms with Crippen molar-refractivity contribution in [3.63, 3.8) is 0 Å². The fourth-order valence-electron chi connectivity index (χ4n) is 7.28. The molecule has 3 nitrogen and oxygen atoms in total. The Kier molecular flexibility index (Phi) is 13.4. The van der Waals surface area contributed by atoms with Crippen LogP contribution in [0.3, 0.4) is 0 Å². The first-order chi connectivity index (χ1) is 21.1. The minimum atomic E-state index is -3.63. The van der Waals surface area contributed by atoms with E-state index in [0.29, 0.717) is 37.0 Å². The molecule has 0 spiro atoms. The molecule has 0 aromatic heterocycles. The molecule has 0 radical (unpaired) electrons. The quantitative estimate of drug-likeness (QED) is 0.0886. The molecule has 0 amide bonds. The normalized spacial score (nSPS) is 28.2. The minimum Gasteiger partial charge on any atom is -0.453 e. The summed E-state index contributed by atoms with van der Waals surface area (Å²) in [5.41, 5.74) is 0. The van der Waals surface area contributed by atoms with Crippen LogP contribution in [0.15, 0.2) is 36.6 Å². The van der Waals surface area contributed by atoms with Crippen molar-refractivity contribution in [3.8, 4) is 11.5 Å². The van der Waals surface area contributed by atoms with E-state index in [-0.39, 0.29) is 25.0 Å². The van der Waals surface area contributed by atoms with Crippen molar-refractivity contribution >= 4 is 0 Å². The topological polar surface area (TPSA) is 27.7 Å². The maximum atomic E-state index is 14.8. The molecule has 44 heavy (non-hydrogen) atoms. The maximum Gasteiger partial charge on any atom is 0.400 e. The van der Waals surface area contributed by atoms with Crippen LogP contribution in [0.2, 0.25) is 0 Å². The van der Waals surface area contributed by atoms with E-state index in [9.17, 15) is 26.3 Å². The van der Waals surface area contributed by atoms with Crippen LogP contribution in [0.25, 0.3) is 0 Å². The fraction of sp³-hybridized carbons (Fsp3) is 0.714. The summed E-state index contributed by atoms with van der Waals surface area (Å²) < 4.78 is 97.4. The van der Waals surface area contributed by atoms with Crippen molar-refractivity contribution in [1.82, 2.24) is 0 Å². The predicted octanol–water partition coefficient (Wildman–Crippen LogP) is 11.4. The van der Waals surface area contributed by atoms with Gasteiger partial charge < -0.3 is 14.2 Å². The highest BCUT2D eigenvalue weighted by molar-refractivity contribution is 5.35. The molecule has 1 heterocycles. The Hall–Kier alpha value is -2.16. The molecule has 2 atom stereocenters. The van der Waals surface area contributed by atoms with Gasteiger partial charge in [-0.2, -0.15) is 17.6 Å². The number of halogens is 6. The number of allylic oxidation sites excluding steroid dienone is 2. The van der Waals surface area contributed by atoms with Crippen LogP contribution < -0.4 is 9.47 Å². The van der Waals surface area contributed by atoms with E-state index in [1.54, 1.807) is 0 Å². The van der Waals surface area contributed by atoms with Gasteiger partial charge in [-0.25, -0.2) is 8.78 Å². The van der Waals surface area contributed by atoms with Crippen molar-refractivity contribution < 1.29 is 40.6 Å². The lowest BCUT2D eigenvalue weighted by atomic mass is 9.75. The molecule has 248 valence electrons. The number of benzene rings is 1. The van der Waals surface area contributed by atoms with E-state index in [0.717, 1.165) is 31.3 Å². The van der Waals surface area contributed by atoms with Crippen molar-refractivity contribution in [2.75, 3.05) is 6.61 Å². The fourth-order valence-corrected chi connectivity index (χ4v) is 7.28. The highest BCUT2D eigenvalue weighted by Gasteiger charge is 2.44. The monoisotopic (exact) mass is 630 g/mol. The molecule has 0 bridgehead atoms. The first kappa shape index (κ1) is 34.7. The second-order valence-electron chi connectivity index (χ2n) is 13.1. The largest absolute Gasteiger partial charge is 0.453 e. The Balaban J connectivity index is 1.12. The van der Waals surface area contributed by atoms with Gasteiger partial charge in [-0.15, -0.1) is 0 Å². The Morgan fingerprint density at radius 1 is 0.886 bits per heavy atom. The summed E-state index contributed by atoms with van der Waals surface area (Å²) in [4.78, 5) is 0. The lowest BCUT2D eigenvalue weighted by Crippen LogP contribution is -2.37. The van der Waals surface area contributed by atoms with Gasteiger partial charge in [-0.05, 0) is 94.3 Å². The zero-order chi connectivity index (χ0) is 31.5. The molecule has 4 rings (SSSR count). The van der Waals surface area contributed by atoms with E-state index >= 15 is 0 Å². The molecular formula is C35H48F6O3. The molecule has 1 aromatic carbocycles. The molecule has 2 unspecified atom stereocenters. The first-order valence-corrected chi connectivity index (χ1v) is 16.7. The zero-order valence-corrected chi connectivity index (χ0v) is 25.9. The average Bonchev–Trinajstić information content (AvgIpc) is 3.00. The first-order valence-electron chi connectivity index (χ1n) is 16.7. The highest BCUT2D eigenvalue weighted by Crippen LogP contribution is 2.42. The molecule has 1 saturated heterocycles. The molecule has 1 aliphatic heterocycles. The summed E-state index contributed by atoms with van der Waals surface area (Å²) in [6.07, 6.45) is 15.3. The highest BCUT2D eigenvalue weighted by atomic mass is 19.3. The summed E-state index contributed by atoms with van der Waals surface area (Å²) in [6.45, 7) is 3.20. The van der Waals surface area contributed by atoms with Crippen LogP contribution in [-0.2, 0) is 4.74 Å². The molecular weight excluding hydrogens is 582 g/mol. The lowest BCUT2D eigenvalue weighted by molar-refractivity contribution is -0.223. The summed E-state index contributed by atoms with van der Waals surface area (Å²) in [5, 5.41) is 0. The predicted molar refractivity (Wildman–Crippen MR) is 159 cm³/mol. The Morgan fingerprint density at radius 2 is 1.57 bits per heavy atom. The Labute approximate surface area is 258 Å². The molecule has 3 fully saturated rings. The van der Waals surface area contributed by atoms with Gasteiger partial charge in [-0.1, -0.05) is 51.2 Å². The van der Waals surface area contributed by atoms with Gasteiger partial charge in [-0.3, -0.25) is 0 Å². The number of unbranched alkanes of at least 4 members (excludes halogenated alkanes) is 2. The Morgan fingerprint density at radius 3 is 2.18 bits per heavy atom. The van der Waals surface area contributed by atoms with Crippen molar-refractivity contribution in [2.45, 2.75) is 122 Å². The number of ether oxygens (including phenoxy) is 3. The second-order valence-corrected chi connectivity index (χ2v) is 13.1. The van der Waals surface area contributed by atoms with E-state index < -0.39 is 41.2 Å². The number of hydrogen-bond acceptors (Lipinski definition) is 3. The van der Waals surface area contributed by atoms with Crippen LogP contribution >= 0.6 is 0 Å². The van der Waals surface area contributed by atoms with Crippen molar-refractivity contribution in [1.29, 1.82) is 0 Å². The van der Waals surface area contributed by atoms with E-state index in [2.05, 4.69) is 23.8 Å². The third kappa shape index (κ3) is 10.4. The third-order valence-electron chi connectivity index (χ3n) is 9.93. The number of alkyl halides is 2. The van der Waals surface area contributed by atoms with E-state index in [1.807, 2.05) is 0 Å². The van der Waals surface area contributed by atoms with Crippen molar-refractivity contribution in [3.05, 3.63) is 48.3 Å². The molecule has 2 aliphatic carbocycles. The molecule has 2 saturated carbocycles. The molecule has 3 aliphatic rings. The van der Waals surface area contributed by atoms with Crippen LogP contribution in [-0.4, -0.2) is 18.8 Å². The van der Waals surface area contributed by atoms with Gasteiger partial charge in [0.05, 0.1) is 12.0 Å². The van der Waals surface area contributed by atoms with Gasteiger partial charge in [0.25, 0.3) is 0 Å². The third-order valence-corrected chi connectivity index (χ3v) is 9.93. The standard InChI is InChI=1S/C35H48F6O3/c1-2-3-4-9-26-14-19-32(42-22-26)27-15-10-24(11-16-27)7-5-6-8-25-12-17-28(18-13-25)35(40,41)44-29-20-30(36)34(31(37)21-29)43-23-33(38)39/h6,8,20-21,23-28,32H,2-5,7,9-19,22H2,1H3. The summed E-state index contributed by atoms with van der Waals surface area (Å²) in [6, 6.07) is 1.01. The van der Waals surface area contributed by atoms with Crippen LogP contribution in [0.4, 0.5) is 26.3 Å². The maximum absolute atomic E-state index is 14.8. The zero-order valence-electron chi connectivity index (χ0n) is 25.9. The van der Waals surface area contributed by atoms with Gasteiger partial charge in [0.15, 0.2) is 23.6 Å². The number of rotatable bonds is 14. The van der Waals surface area contributed by atoms with Crippen LogP contribution in [0.5, 0.6) is 11.5 Å². The van der Waals surface area contributed by atoms with Gasteiger partial charge in [0.1, 0.15) is 5.75 Å². The van der Waals surface area contributed by atoms with Crippen LogP contribution in [0.1, 0.15) is 110 Å².